The number of hydrogen-bond acceptors (Lipinski definition) is 3. The van der Waals surface area contributed by atoms with E-state index in [1.54, 1.807) is 7.11 Å². The van der Waals surface area contributed by atoms with Crippen LogP contribution in [0.4, 0.5) is 0 Å². The molecule has 114 valence electrons. The maximum Gasteiger partial charge on any atom is 0.123 e. The quantitative estimate of drug-likeness (QED) is 0.382. The molecular weight excluding hydrogens is 248 g/mol. The van der Waals surface area contributed by atoms with Gasteiger partial charge in [0.1, 0.15) is 5.75 Å². The van der Waals surface area contributed by atoms with E-state index in [9.17, 15) is 0 Å². The van der Waals surface area contributed by atoms with E-state index in [-0.39, 0.29) is 6.04 Å². The van der Waals surface area contributed by atoms with Gasteiger partial charge in [-0.1, -0.05) is 57.6 Å². The van der Waals surface area contributed by atoms with E-state index in [0.29, 0.717) is 0 Å². The molecule has 0 aliphatic carbocycles. The van der Waals surface area contributed by atoms with Gasteiger partial charge in [-0.15, -0.1) is 0 Å². The van der Waals surface area contributed by atoms with Crippen LogP contribution in [0.5, 0.6) is 5.75 Å². The highest BCUT2D eigenvalue weighted by atomic mass is 16.5. The van der Waals surface area contributed by atoms with Crippen LogP contribution in [0, 0.1) is 6.92 Å². The fraction of sp³-hybridized carbons (Fsp3) is 0.647. The molecule has 0 aliphatic heterocycles. The van der Waals surface area contributed by atoms with Crippen molar-refractivity contribution in [3.05, 3.63) is 29.3 Å². The number of nitrogens with one attached hydrogen (secondary N) is 1. The Hall–Kier alpha value is -1.06. The zero-order valence-corrected chi connectivity index (χ0v) is 13.2. The van der Waals surface area contributed by atoms with Crippen molar-refractivity contribution in [3.8, 4) is 5.75 Å². The first-order valence-electron chi connectivity index (χ1n) is 7.83. The molecule has 1 aromatic rings. The highest BCUT2D eigenvalue weighted by molar-refractivity contribution is 5.39. The summed E-state index contributed by atoms with van der Waals surface area (Å²) in [6, 6.07) is 6.48. The molecule has 0 bridgehead atoms. The molecule has 0 saturated heterocycles. The fourth-order valence-electron chi connectivity index (χ4n) is 2.56. The first kappa shape index (κ1) is 17.0. The number of nitrogens with two attached hydrogens (primary N) is 1. The molecule has 3 heteroatoms. The Kier molecular flexibility index (Phi) is 8.31. The van der Waals surface area contributed by atoms with Gasteiger partial charge in [0.25, 0.3) is 0 Å². The van der Waals surface area contributed by atoms with Crippen LogP contribution < -0.4 is 16.0 Å². The molecule has 1 aromatic carbocycles. The molecule has 0 aromatic heterocycles. The largest absolute Gasteiger partial charge is 0.496 e. The predicted molar refractivity (Wildman–Crippen MR) is 85.8 cm³/mol. The van der Waals surface area contributed by atoms with Gasteiger partial charge in [0.15, 0.2) is 0 Å². The molecule has 0 fully saturated rings. The Balaban J connectivity index is 2.49. The Labute approximate surface area is 123 Å². The van der Waals surface area contributed by atoms with Crippen molar-refractivity contribution in [1.29, 1.82) is 0 Å². The third-order valence-electron chi connectivity index (χ3n) is 3.81. The number of hydrazine groups is 1. The van der Waals surface area contributed by atoms with E-state index in [0.717, 1.165) is 17.7 Å². The average Bonchev–Trinajstić information content (AvgIpc) is 2.47. The lowest BCUT2D eigenvalue weighted by atomic mass is 9.98. The van der Waals surface area contributed by atoms with Crippen LogP contribution in [0.15, 0.2) is 18.2 Å². The van der Waals surface area contributed by atoms with Crippen molar-refractivity contribution in [3.63, 3.8) is 0 Å². The van der Waals surface area contributed by atoms with Crippen molar-refractivity contribution in [2.24, 2.45) is 5.84 Å². The minimum absolute atomic E-state index is 0.178. The molecule has 0 spiro atoms. The van der Waals surface area contributed by atoms with Crippen LogP contribution in [0.1, 0.15) is 69.0 Å². The van der Waals surface area contributed by atoms with Crippen LogP contribution in [0.2, 0.25) is 0 Å². The third-order valence-corrected chi connectivity index (χ3v) is 3.81. The number of unbranched alkanes of at least 4 members (excludes halogenated alkanes) is 5. The summed E-state index contributed by atoms with van der Waals surface area (Å²) in [6.07, 6.45) is 8.88. The van der Waals surface area contributed by atoms with Gasteiger partial charge in [0, 0.05) is 11.6 Å². The van der Waals surface area contributed by atoms with Gasteiger partial charge in [-0.3, -0.25) is 11.3 Å². The van der Waals surface area contributed by atoms with E-state index in [2.05, 4.69) is 37.5 Å². The SMILES string of the molecule is CCCCCCCCC(NN)c1ccc(C)cc1OC. The first-order valence-corrected chi connectivity index (χ1v) is 7.83. The lowest BCUT2D eigenvalue weighted by Crippen LogP contribution is -2.28. The molecular formula is C17H30N2O. The molecule has 1 unspecified atom stereocenters. The van der Waals surface area contributed by atoms with Gasteiger partial charge in [0.05, 0.1) is 7.11 Å². The summed E-state index contributed by atoms with van der Waals surface area (Å²) in [5, 5.41) is 0. The molecule has 3 N–H and O–H groups in total. The van der Waals surface area contributed by atoms with Gasteiger partial charge >= 0.3 is 0 Å². The van der Waals surface area contributed by atoms with Crippen molar-refractivity contribution < 1.29 is 4.74 Å². The van der Waals surface area contributed by atoms with Gasteiger partial charge in [-0.05, 0) is 25.0 Å². The van der Waals surface area contributed by atoms with Gasteiger partial charge < -0.3 is 4.74 Å². The lowest BCUT2D eigenvalue weighted by molar-refractivity contribution is 0.392. The summed E-state index contributed by atoms with van der Waals surface area (Å²) in [5.41, 5.74) is 5.31. The summed E-state index contributed by atoms with van der Waals surface area (Å²) in [7, 11) is 1.72. The topological polar surface area (TPSA) is 47.3 Å². The summed E-state index contributed by atoms with van der Waals surface area (Å²) >= 11 is 0. The Morgan fingerprint density at radius 2 is 1.85 bits per heavy atom. The fourth-order valence-corrected chi connectivity index (χ4v) is 2.56. The number of hydrogen-bond donors (Lipinski definition) is 2. The van der Waals surface area contributed by atoms with Crippen LogP contribution >= 0.6 is 0 Å². The maximum absolute atomic E-state index is 5.72. The monoisotopic (exact) mass is 278 g/mol. The van der Waals surface area contributed by atoms with E-state index < -0.39 is 0 Å². The minimum Gasteiger partial charge on any atom is -0.496 e. The van der Waals surface area contributed by atoms with Gasteiger partial charge in [-0.25, -0.2) is 0 Å². The van der Waals surface area contributed by atoms with Crippen LogP contribution in [0.3, 0.4) is 0 Å². The van der Waals surface area contributed by atoms with Crippen LogP contribution in [-0.2, 0) is 0 Å². The van der Waals surface area contributed by atoms with Crippen molar-refractivity contribution in [2.75, 3.05) is 7.11 Å². The highest BCUT2D eigenvalue weighted by Crippen LogP contribution is 2.29. The number of benzene rings is 1. The molecule has 0 aliphatic rings. The zero-order valence-electron chi connectivity index (χ0n) is 13.2. The second kappa shape index (κ2) is 9.78. The standard InChI is InChI=1S/C17H30N2O/c1-4-5-6-7-8-9-10-16(19-18)15-12-11-14(2)13-17(15)20-3/h11-13,16,19H,4-10,18H2,1-3H3. The molecule has 0 amide bonds. The molecule has 1 atom stereocenters. The number of aryl methyl sites for hydroxylation is 1. The normalized spacial score (nSPS) is 12.4. The third kappa shape index (κ3) is 5.51. The molecule has 0 saturated carbocycles. The predicted octanol–water partition coefficient (Wildman–Crippen LogP) is 4.26. The second-order valence-electron chi connectivity index (χ2n) is 5.52. The van der Waals surface area contributed by atoms with Crippen LogP contribution in [-0.4, -0.2) is 7.11 Å². The second-order valence-corrected chi connectivity index (χ2v) is 5.52. The van der Waals surface area contributed by atoms with E-state index >= 15 is 0 Å². The molecule has 20 heavy (non-hydrogen) atoms. The molecule has 0 heterocycles. The van der Waals surface area contributed by atoms with Crippen molar-refractivity contribution in [1.82, 2.24) is 5.43 Å². The summed E-state index contributed by atoms with van der Waals surface area (Å²) in [5.74, 6) is 6.65. The highest BCUT2D eigenvalue weighted by Gasteiger charge is 2.14. The first-order chi connectivity index (χ1) is 9.72. The van der Waals surface area contributed by atoms with Crippen molar-refractivity contribution in [2.45, 2.75) is 64.8 Å². The Bertz CT molecular complexity index is 379. The smallest absolute Gasteiger partial charge is 0.123 e. The Morgan fingerprint density at radius 1 is 1.15 bits per heavy atom. The lowest BCUT2D eigenvalue weighted by Gasteiger charge is -2.19. The Morgan fingerprint density at radius 3 is 2.50 bits per heavy atom. The van der Waals surface area contributed by atoms with Gasteiger partial charge in [-0.2, -0.15) is 0 Å². The summed E-state index contributed by atoms with van der Waals surface area (Å²) < 4.78 is 5.47. The summed E-state index contributed by atoms with van der Waals surface area (Å²) in [6.45, 7) is 4.32. The van der Waals surface area contributed by atoms with Crippen LogP contribution in [0.25, 0.3) is 0 Å². The van der Waals surface area contributed by atoms with E-state index in [1.807, 2.05) is 0 Å². The van der Waals surface area contributed by atoms with E-state index in [4.69, 9.17) is 10.6 Å². The number of ether oxygens (including phenoxy) is 1. The van der Waals surface area contributed by atoms with Crippen molar-refractivity contribution >= 4 is 0 Å². The maximum atomic E-state index is 5.72. The summed E-state index contributed by atoms with van der Waals surface area (Å²) in [4.78, 5) is 0. The molecule has 3 nitrogen and oxygen atoms in total. The molecule has 1 rings (SSSR count). The average molecular weight is 278 g/mol. The minimum atomic E-state index is 0.178. The van der Waals surface area contributed by atoms with E-state index in [1.165, 1.54) is 44.1 Å². The number of rotatable bonds is 10. The zero-order chi connectivity index (χ0) is 14.8. The van der Waals surface area contributed by atoms with Gasteiger partial charge in [0.2, 0.25) is 0 Å². The molecule has 0 radical (unpaired) electrons. The number of methoxy groups -OCH3 is 1.